The summed E-state index contributed by atoms with van der Waals surface area (Å²) in [6, 6.07) is 0. The second kappa shape index (κ2) is 6.76. The molecule has 0 heterocycles. The Morgan fingerprint density at radius 1 is 0.789 bits per heavy atom. The molecule has 0 bridgehead atoms. The van der Waals surface area contributed by atoms with Gasteiger partial charge < -0.3 is 0 Å². The Bertz CT molecular complexity index is 459. The van der Waals surface area contributed by atoms with Crippen molar-refractivity contribution in [1.82, 2.24) is 0 Å². The van der Waals surface area contributed by atoms with Gasteiger partial charge in [0.15, 0.2) is 0 Å². The summed E-state index contributed by atoms with van der Waals surface area (Å²) < 4.78 is 2.64. The number of hydrogen-bond donors (Lipinski definition) is 0. The molecule has 0 saturated heterocycles. The third kappa shape index (κ3) is 3.26. The van der Waals surface area contributed by atoms with E-state index in [2.05, 4.69) is 80.3 Å². The van der Waals surface area contributed by atoms with Crippen LogP contribution >= 0.6 is 31.9 Å². The Labute approximate surface area is 135 Å². The molecule has 0 nitrogen and oxygen atoms in total. The molecule has 2 heteroatoms. The van der Waals surface area contributed by atoms with E-state index in [-0.39, 0.29) is 0 Å². The van der Waals surface area contributed by atoms with Gasteiger partial charge in [0.2, 0.25) is 0 Å². The van der Waals surface area contributed by atoms with Crippen LogP contribution in [-0.2, 0) is 0 Å². The van der Waals surface area contributed by atoms with Crippen molar-refractivity contribution in [2.75, 3.05) is 0 Å². The molecule has 0 saturated carbocycles. The number of benzene rings is 1. The SMILES string of the molecule is CCC(C)c1c(Br)c(C(C)C)c(C)c(Br)c1C(C)C. The van der Waals surface area contributed by atoms with Crippen molar-refractivity contribution in [3.63, 3.8) is 0 Å². The zero-order valence-electron chi connectivity index (χ0n) is 13.2. The van der Waals surface area contributed by atoms with Gasteiger partial charge in [-0.3, -0.25) is 0 Å². The molecule has 0 spiro atoms. The maximum atomic E-state index is 3.91. The van der Waals surface area contributed by atoms with Crippen molar-refractivity contribution in [2.24, 2.45) is 0 Å². The van der Waals surface area contributed by atoms with Gasteiger partial charge >= 0.3 is 0 Å². The molecule has 0 aliphatic rings. The molecule has 0 aliphatic heterocycles. The molecular formula is C17H26Br2. The molecule has 0 radical (unpaired) electrons. The lowest BCUT2D eigenvalue weighted by Crippen LogP contribution is -2.09. The standard InChI is InChI=1S/C17H26Br2/c1-8-11(6)15-14(10(4)5)16(18)12(7)13(9(2)3)17(15)19/h9-11H,8H2,1-7H3. The Hall–Kier alpha value is 0.180. The van der Waals surface area contributed by atoms with Crippen LogP contribution in [0.5, 0.6) is 0 Å². The van der Waals surface area contributed by atoms with Gasteiger partial charge in [0.1, 0.15) is 0 Å². The maximum absolute atomic E-state index is 3.91. The van der Waals surface area contributed by atoms with E-state index in [0.29, 0.717) is 17.8 Å². The highest BCUT2D eigenvalue weighted by molar-refractivity contribution is 9.11. The molecular weight excluding hydrogens is 364 g/mol. The fraction of sp³-hybridized carbons (Fsp3) is 0.647. The monoisotopic (exact) mass is 388 g/mol. The average Bonchev–Trinajstić information content (AvgIpc) is 2.31. The van der Waals surface area contributed by atoms with Gasteiger partial charge in [-0.15, -0.1) is 0 Å². The Balaban J connectivity index is 3.75. The van der Waals surface area contributed by atoms with Gasteiger partial charge in [0.25, 0.3) is 0 Å². The van der Waals surface area contributed by atoms with E-state index in [1.807, 2.05) is 0 Å². The normalized spacial score (nSPS) is 13.4. The molecule has 1 rings (SSSR count). The topological polar surface area (TPSA) is 0 Å². The summed E-state index contributed by atoms with van der Waals surface area (Å²) in [4.78, 5) is 0. The first kappa shape index (κ1) is 17.2. The zero-order valence-corrected chi connectivity index (χ0v) is 16.4. The zero-order chi connectivity index (χ0) is 14.9. The first-order valence-corrected chi connectivity index (χ1v) is 8.83. The average molecular weight is 390 g/mol. The van der Waals surface area contributed by atoms with E-state index in [1.54, 1.807) is 0 Å². The third-order valence-electron chi connectivity index (χ3n) is 3.99. The number of rotatable bonds is 4. The minimum atomic E-state index is 0.537. The molecule has 1 aromatic rings. The van der Waals surface area contributed by atoms with E-state index in [9.17, 15) is 0 Å². The maximum Gasteiger partial charge on any atom is 0.0250 e. The second-order valence-corrected chi connectivity index (χ2v) is 7.70. The first-order valence-electron chi connectivity index (χ1n) is 7.25. The molecule has 1 unspecified atom stereocenters. The van der Waals surface area contributed by atoms with E-state index in [0.717, 1.165) is 0 Å². The van der Waals surface area contributed by atoms with E-state index < -0.39 is 0 Å². The van der Waals surface area contributed by atoms with Crippen LogP contribution in [0.4, 0.5) is 0 Å². The molecule has 19 heavy (non-hydrogen) atoms. The quantitative estimate of drug-likeness (QED) is 0.507. The van der Waals surface area contributed by atoms with Crippen LogP contribution in [0.15, 0.2) is 8.95 Å². The van der Waals surface area contributed by atoms with Gasteiger partial charge in [-0.2, -0.15) is 0 Å². The summed E-state index contributed by atoms with van der Waals surface area (Å²) in [6.45, 7) is 15.9. The van der Waals surface area contributed by atoms with Gasteiger partial charge in [-0.1, -0.05) is 73.4 Å². The largest absolute Gasteiger partial charge is 0.0648 e. The summed E-state index contributed by atoms with van der Waals surface area (Å²) in [5, 5.41) is 0. The smallest absolute Gasteiger partial charge is 0.0250 e. The van der Waals surface area contributed by atoms with Crippen molar-refractivity contribution >= 4 is 31.9 Å². The lowest BCUT2D eigenvalue weighted by atomic mass is 9.83. The van der Waals surface area contributed by atoms with Gasteiger partial charge in [0, 0.05) is 8.95 Å². The summed E-state index contributed by atoms with van der Waals surface area (Å²) in [5.74, 6) is 1.66. The van der Waals surface area contributed by atoms with E-state index >= 15 is 0 Å². The highest BCUT2D eigenvalue weighted by atomic mass is 79.9. The third-order valence-corrected chi connectivity index (χ3v) is 5.87. The molecule has 0 aliphatic carbocycles. The molecule has 0 fully saturated rings. The predicted molar refractivity (Wildman–Crippen MR) is 93.5 cm³/mol. The Morgan fingerprint density at radius 2 is 1.26 bits per heavy atom. The molecule has 0 N–H and O–H groups in total. The Kier molecular flexibility index (Phi) is 6.13. The minimum Gasteiger partial charge on any atom is -0.0648 e. The number of hydrogen-bond acceptors (Lipinski definition) is 0. The van der Waals surface area contributed by atoms with Crippen molar-refractivity contribution in [1.29, 1.82) is 0 Å². The molecule has 108 valence electrons. The molecule has 0 aromatic heterocycles. The second-order valence-electron chi connectivity index (χ2n) is 6.11. The van der Waals surface area contributed by atoms with Crippen molar-refractivity contribution in [3.8, 4) is 0 Å². The van der Waals surface area contributed by atoms with Crippen LogP contribution < -0.4 is 0 Å². The minimum absolute atomic E-state index is 0.537. The summed E-state index contributed by atoms with van der Waals surface area (Å²) >= 11 is 7.77. The number of halogens is 2. The van der Waals surface area contributed by atoms with Crippen LogP contribution in [0.25, 0.3) is 0 Å². The summed E-state index contributed by atoms with van der Waals surface area (Å²) in [7, 11) is 0. The Morgan fingerprint density at radius 3 is 1.63 bits per heavy atom. The van der Waals surface area contributed by atoms with E-state index in [4.69, 9.17) is 0 Å². The van der Waals surface area contributed by atoms with Crippen LogP contribution in [0, 0.1) is 6.92 Å². The van der Waals surface area contributed by atoms with Gasteiger partial charge in [-0.05, 0) is 53.4 Å². The van der Waals surface area contributed by atoms with Crippen molar-refractivity contribution < 1.29 is 0 Å². The molecule has 0 amide bonds. The first-order chi connectivity index (χ1) is 8.73. The van der Waals surface area contributed by atoms with Crippen LogP contribution in [0.3, 0.4) is 0 Å². The van der Waals surface area contributed by atoms with E-state index in [1.165, 1.54) is 37.6 Å². The van der Waals surface area contributed by atoms with Crippen LogP contribution in [0.2, 0.25) is 0 Å². The lowest BCUT2D eigenvalue weighted by molar-refractivity contribution is 0.694. The van der Waals surface area contributed by atoms with Gasteiger partial charge in [-0.25, -0.2) is 0 Å². The predicted octanol–water partition coefficient (Wildman–Crippen LogP) is 7.28. The summed E-state index contributed by atoms with van der Waals surface area (Å²) in [5.41, 5.74) is 5.81. The lowest BCUT2D eigenvalue weighted by Gasteiger charge is -2.27. The fourth-order valence-corrected chi connectivity index (χ4v) is 5.05. The van der Waals surface area contributed by atoms with Crippen LogP contribution in [0.1, 0.15) is 88.0 Å². The van der Waals surface area contributed by atoms with Crippen LogP contribution in [-0.4, -0.2) is 0 Å². The molecule has 1 aromatic carbocycles. The highest BCUT2D eigenvalue weighted by Gasteiger charge is 2.24. The fourth-order valence-electron chi connectivity index (χ4n) is 2.80. The summed E-state index contributed by atoms with van der Waals surface area (Å²) in [6.07, 6.45) is 1.17. The van der Waals surface area contributed by atoms with Gasteiger partial charge in [0.05, 0.1) is 0 Å². The van der Waals surface area contributed by atoms with Crippen molar-refractivity contribution in [2.45, 2.75) is 72.6 Å². The highest BCUT2D eigenvalue weighted by Crippen LogP contribution is 2.45. The molecule has 1 atom stereocenters. The van der Waals surface area contributed by atoms with Crippen molar-refractivity contribution in [3.05, 3.63) is 31.2 Å².